The number of hydrogen-bond acceptors (Lipinski definition) is 3. The van der Waals surface area contributed by atoms with Crippen molar-refractivity contribution >= 4 is 27.3 Å². The molecule has 1 aromatic heterocycles. The first-order chi connectivity index (χ1) is 7.97. The number of halogens is 1. The molecule has 2 nitrogen and oxygen atoms in total. The minimum absolute atomic E-state index is 0.0495. The highest BCUT2D eigenvalue weighted by Crippen LogP contribution is 2.44. The summed E-state index contributed by atoms with van der Waals surface area (Å²) in [5, 5.41) is 14.6. The molecule has 1 aliphatic rings. The van der Waals surface area contributed by atoms with E-state index in [1.54, 1.807) is 11.3 Å². The molecule has 1 aromatic rings. The van der Waals surface area contributed by atoms with Crippen molar-refractivity contribution in [2.45, 2.75) is 32.1 Å². The van der Waals surface area contributed by atoms with Crippen LogP contribution in [0, 0.1) is 16.7 Å². The monoisotopic (exact) mass is 312 g/mol. The second-order valence-electron chi connectivity index (χ2n) is 5.51. The summed E-state index contributed by atoms with van der Waals surface area (Å²) in [7, 11) is 0. The lowest BCUT2D eigenvalue weighted by molar-refractivity contribution is 0.449. The van der Waals surface area contributed by atoms with Gasteiger partial charge in [0.25, 0.3) is 0 Å². The minimum atomic E-state index is -0.0495. The van der Waals surface area contributed by atoms with E-state index in [2.05, 4.69) is 52.6 Å². The van der Waals surface area contributed by atoms with Gasteiger partial charge >= 0.3 is 0 Å². The maximum atomic E-state index is 9.01. The van der Waals surface area contributed by atoms with Gasteiger partial charge in [0.15, 0.2) is 0 Å². The average molecular weight is 313 g/mol. The lowest BCUT2D eigenvalue weighted by Crippen LogP contribution is -2.35. The van der Waals surface area contributed by atoms with Crippen LogP contribution >= 0.6 is 27.3 Å². The molecule has 1 fully saturated rings. The van der Waals surface area contributed by atoms with Gasteiger partial charge < -0.3 is 5.32 Å². The molecule has 1 N–H and O–H groups in total. The molecule has 0 amide bonds. The Balaban J connectivity index is 1.88. The van der Waals surface area contributed by atoms with Crippen LogP contribution in [0.1, 0.15) is 31.6 Å². The SMILES string of the molecule is CC(C)(CNCC1(C#N)CC1)c1cc(Br)cs1. The first-order valence-electron chi connectivity index (χ1n) is 5.84. The van der Waals surface area contributed by atoms with Crippen LogP contribution in [0.25, 0.3) is 0 Å². The zero-order chi connectivity index (χ0) is 12.5. The lowest BCUT2D eigenvalue weighted by atomic mass is 9.91. The van der Waals surface area contributed by atoms with Crippen molar-refractivity contribution in [3.8, 4) is 6.07 Å². The molecule has 0 unspecified atom stereocenters. The van der Waals surface area contributed by atoms with Gasteiger partial charge in [-0.25, -0.2) is 0 Å². The zero-order valence-corrected chi connectivity index (χ0v) is 12.6. The van der Waals surface area contributed by atoms with Gasteiger partial charge in [0.05, 0.1) is 11.5 Å². The number of nitriles is 1. The van der Waals surface area contributed by atoms with Crippen LogP contribution in [-0.4, -0.2) is 13.1 Å². The summed E-state index contributed by atoms with van der Waals surface area (Å²) in [5.74, 6) is 0. The Morgan fingerprint density at radius 2 is 2.29 bits per heavy atom. The van der Waals surface area contributed by atoms with Crippen molar-refractivity contribution < 1.29 is 0 Å². The van der Waals surface area contributed by atoms with Crippen molar-refractivity contribution in [2.75, 3.05) is 13.1 Å². The highest BCUT2D eigenvalue weighted by atomic mass is 79.9. The topological polar surface area (TPSA) is 35.8 Å². The molecule has 0 saturated heterocycles. The maximum absolute atomic E-state index is 9.01. The third-order valence-electron chi connectivity index (χ3n) is 3.36. The highest BCUT2D eigenvalue weighted by molar-refractivity contribution is 9.10. The van der Waals surface area contributed by atoms with Crippen LogP contribution in [0.3, 0.4) is 0 Å². The Labute approximate surface area is 115 Å². The van der Waals surface area contributed by atoms with Crippen molar-refractivity contribution in [1.29, 1.82) is 5.26 Å². The number of thiophene rings is 1. The maximum Gasteiger partial charge on any atom is 0.0703 e. The molecule has 0 bridgehead atoms. The first kappa shape index (κ1) is 13.1. The fourth-order valence-corrected chi connectivity index (χ4v) is 3.40. The minimum Gasteiger partial charge on any atom is -0.314 e. The number of hydrogen-bond donors (Lipinski definition) is 1. The summed E-state index contributed by atoms with van der Waals surface area (Å²) in [6.45, 7) is 6.23. The molecule has 0 aromatic carbocycles. The van der Waals surface area contributed by atoms with Crippen molar-refractivity contribution in [2.24, 2.45) is 5.41 Å². The predicted octanol–water partition coefficient (Wildman–Crippen LogP) is 3.68. The predicted molar refractivity (Wildman–Crippen MR) is 75.2 cm³/mol. The Morgan fingerprint density at radius 3 is 2.76 bits per heavy atom. The van der Waals surface area contributed by atoms with Gasteiger partial charge in [0, 0.05) is 33.2 Å². The van der Waals surface area contributed by atoms with E-state index in [1.807, 2.05) is 0 Å². The highest BCUT2D eigenvalue weighted by Gasteiger charge is 2.42. The summed E-state index contributed by atoms with van der Waals surface area (Å²) in [6, 6.07) is 4.60. The van der Waals surface area contributed by atoms with E-state index in [9.17, 15) is 0 Å². The summed E-state index contributed by atoms with van der Waals surface area (Å²) in [6.07, 6.45) is 2.11. The fraction of sp³-hybridized carbons (Fsp3) is 0.615. The van der Waals surface area contributed by atoms with E-state index in [-0.39, 0.29) is 10.8 Å². The van der Waals surface area contributed by atoms with Crippen LogP contribution in [0.2, 0.25) is 0 Å². The quantitative estimate of drug-likeness (QED) is 0.900. The van der Waals surface area contributed by atoms with E-state index in [0.717, 1.165) is 30.4 Å². The normalized spacial score (nSPS) is 17.8. The second-order valence-corrected chi connectivity index (χ2v) is 7.34. The van der Waals surface area contributed by atoms with Crippen LogP contribution in [0.15, 0.2) is 15.9 Å². The molecule has 0 radical (unpaired) electrons. The van der Waals surface area contributed by atoms with Crippen LogP contribution in [-0.2, 0) is 5.41 Å². The van der Waals surface area contributed by atoms with E-state index in [0.29, 0.717) is 0 Å². The average Bonchev–Trinajstić information content (AvgIpc) is 2.92. The Bertz CT molecular complexity index is 441. The number of nitrogens with one attached hydrogen (secondary N) is 1. The van der Waals surface area contributed by atoms with Crippen molar-refractivity contribution in [1.82, 2.24) is 5.32 Å². The van der Waals surface area contributed by atoms with E-state index in [4.69, 9.17) is 5.26 Å². The molecule has 4 heteroatoms. The summed E-state index contributed by atoms with van der Waals surface area (Å²) in [5.41, 5.74) is 0.0777. The Kier molecular flexibility index (Phi) is 3.63. The summed E-state index contributed by atoms with van der Waals surface area (Å²) < 4.78 is 1.15. The molecule has 1 saturated carbocycles. The standard InChI is InChI=1S/C13H17BrN2S/c1-12(2,11-5-10(14)6-17-11)8-16-9-13(7-15)3-4-13/h5-6,16H,3-4,8-9H2,1-2H3. The third-order valence-corrected chi connectivity index (χ3v) is 5.41. The van der Waals surface area contributed by atoms with Crippen molar-refractivity contribution in [3.05, 3.63) is 20.8 Å². The molecule has 17 heavy (non-hydrogen) atoms. The molecular weight excluding hydrogens is 296 g/mol. The number of nitrogens with zero attached hydrogens (tertiary/aromatic N) is 1. The van der Waals surface area contributed by atoms with Gasteiger partial charge in [-0.05, 0) is 34.8 Å². The smallest absolute Gasteiger partial charge is 0.0703 e. The van der Waals surface area contributed by atoms with Crippen LogP contribution in [0.5, 0.6) is 0 Å². The van der Waals surface area contributed by atoms with E-state index in [1.165, 1.54) is 4.88 Å². The van der Waals surface area contributed by atoms with Crippen molar-refractivity contribution in [3.63, 3.8) is 0 Å². The third kappa shape index (κ3) is 3.09. The van der Waals surface area contributed by atoms with E-state index >= 15 is 0 Å². The van der Waals surface area contributed by atoms with Gasteiger partial charge in [0.2, 0.25) is 0 Å². The van der Waals surface area contributed by atoms with Gasteiger partial charge in [-0.1, -0.05) is 13.8 Å². The van der Waals surface area contributed by atoms with Gasteiger partial charge in [-0.15, -0.1) is 11.3 Å². The Hall–Kier alpha value is -0.370. The molecule has 0 atom stereocenters. The lowest BCUT2D eigenvalue weighted by Gasteiger charge is -2.24. The van der Waals surface area contributed by atoms with Gasteiger partial charge in [0.1, 0.15) is 0 Å². The van der Waals surface area contributed by atoms with Crippen LogP contribution in [0.4, 0.5) is 0 Å². The summed E-state index contributed by atoms with van der Waals surface area (Å²) >= 11 is 5.28. The molecular formula is C13H17BrN2S. The Morgan fingerprint density at radius 1 is 1.59 bits per heavy atom. The molecule has 2 rings (SSSR count). The number of rotatable bonds is 5. The fourth-order valence-electron chi connectivity index (χ4n) is 1.85. The van der Waals surface area contributed by atoms with E-state index < -0.39 is 0 Å². The molecule has 0 spiro atoms. The molecule has 0 aliphatic heterocycles. The zero-order valence-electron chi connectivity index (χ0n) is 10.2. The largest absolute Gasteiger partial charge is 0.314 e. The molecule has 1 aliphatic carbocycles. The second kappa shape index (κ2) is 4.72. The molecule has 92 valence electrons. The van der Waals surface area contributed by atoms with Gasteiger partial charge in [-0.3, -0.25) is 0 Å². The van der Waals surface area contributed by atoms with Crippen LogP contribution < -0.4 is 5.32 Å². The van der Waals surface area contributed by atoms with Gasteiger partial charge in [-0.2, -0.15) is 5.26 Å². The first-order valence-corrected chi connectivity index (χ1v) is 7.51. The summed E-state index contributed by atoms with van der Waals surface area (Å²) in [4.78, 5) is 1.37. The molecule has 1 heterocycles.